The van der Waals surface area contributed by atoms with Crippen molar-refractivity contribution in [1.82, 2.24) is 0 Å². The number of hydrogen-bond acceptors (Lipinski definition) is 4. The molecule has 0 amide bonds. The van der Waals surface area contributed by atoms with E-state index in [1.165, 1.54) is 24.3 Å². The van der Waals surface area contributed by atoms with E-state index in [0.717, 1.165) is 9.16 Å². The first-order valence-corrected chi connectivity index (χ1v) is 21.3. The Kier molecular flexibility index (Phi) is 4.51. The Labute approximate surface area is 99.3 Å². The minimum atomic E-state index is -1.70. The van der Waals surface area contributed by atoms with Crippen LogP contribution >= 0.6 is 41.4 Å². The van der Waals surface area contributed by atoms with Gasteiger partial charge in [-0.2, -0.15) is 0 Å². The molecule has 0 aromatic rings. The monoisotopic (exact) mass is 360 g/mol. The normalized spacial score (nSPS) is 33.7. The summed E-state index contributed by atoms with van der Waals surface area (Å²) in [5.41, 5.74) is 0. The first kappa shape index (κ1) is 11.7. The fourth-order valence-corrected chi connectivity index (χ4v) is 40.1. The van der Waals surface area contributed by atoms with Gasteiger partial charge in [0.2, 0.25) is 0 Å². The standard InChI is InChI=1S/2C3H6S2.2CH3.Sn/c2*4-3-1-2-5-3;;;/h2*3-4H,1-2H2;2*1H3;/q;;;;+2/p-2. The Morgan fingerprint density at radius 3 is 1.62 bits per heavy atom. The van der Waals surface area contributed by atoms with Crippen LogP contribution in [0.2, 0.25) is 9.88 Å². The molecule has 0 nitrogen and oxygen atoms in total. The molecule has 2 rings (SSSR count). The Morgan fingerprint density at radius 1 is 1.00 bits per heavy atom. The van der Waals surface area contributed by atoms with Crippen LogP contribution in [0.4, 0.5) is 0 Å². The van der Waals surface area contributed by atoms with E-state index in [1.807, 2.05) is 0 Å². The number of hydrogen-bond donors (Lipinski definition) is 0. The molecular formula is C8H16S4Sn. The van der Waals surface area contributed by atoms with E-state index in [2.05, 4.69) is 51.3 Å². The molecule has 76 valence electrons. The zero-order valence-corrected chi connectivity index (χ0v) is 14.2. The molecule has 0 radical (unpaired) electrons. The van der Waals surface area contributed by atoms with Gasteiger partial charge in [0.1, 0.15) is 0 Å². The summed E-state index contributed by atoms with van der Waals surface area (Å²) in [4.78, 5) is 5.20. The average Bonchev–Trinajstić information content (AvgIpc) is 1.90. The molecule has 0 bridgehead atoms. The SMILES string of the molecule is [CH3][Sn]([CH3])([S]C1CCS1)[S]C1CCS1. The molecule has 0 aromatic heterocycles. The summed E-state index contributed by atoms with van der Waals surface area (Å²) >= 11 is 2.66. The Bertz CT molecular complexity index is 159. The Hall–Kier alpha value is 2.20. The average molecular weight is 359 g/mol. The molecule has 0 N–H and O–H groups in total. The van der Waals surface area contributed by atoms with E-state index in [9.17, 15) is 0 Å². The second kappa shape index (κ2) is 5.02. The van der Waals surface area contributed by atoms with Crippen molar-refractivity contribution in [3.05, 3.63) is 0 Å². The second-order valence-corrected chi connectivity index (χ2v) is 36.1. The molecule has 2 heterocycles. The fraction of sp³-hybridized carbons (Fsp3) is 1.00. The van der Waals surface area contributed by atoms with E-state index in [4.69, 9.17) is 0 Å². The molecule has 0 saturated carbocycles. The molecular weight excluding hydrogens is 343 g/mol. The molecule has 0 spiro atoms. The van der Waals surface area contributed by atoms with Crippen LogP contribution < -0.4 is 0 Å². The third-order valence-electron chi connectivity index (χ3n) is 2.15. The molecule has 2 atom stereocenters. The third kappa shape index (κ3) is 3.61. The number of rotatable bonds is 4. The predicted molar refractivity (Wildman–Crippen MR) is 74.4 cm³/mol. The van der Waals surface area contributed by atoms with Gasteiger partial charge in [0.15, 0.2) is 0 Å². The van der Waals surface area contributed by atoms with Gasteiger partial charge in [-0.15, -0.1) is 0 Å². The van der Waals surface area contributed by atoms with Crippen LogP contribution in [0, 0.1) is 0 Å². The van der Waals surface area contributed by atoms with Crippen LogP contribution in [0.1, 0.15) is 12.8 Å². The Morgan fingerprint density at radius 2 is 1.38 bits per heavy atom. The van der Waals surface area contributed by atoms with Gasteiger partial charge >= 0.3 is 100 Å². The summed E-state index contributed by atoms with van der Waals surface area (Å²) in [5, 5.41) is 0. The zero-order valence-electron chi connectivity index (χ0n) is 8.12. The van der Waals surface area contributed by atoms with E-state index in [0.29, 0.717) is 0 Å². The van der Waals surface area contributed by atoms with Gasteiger partial charge in [0, 0.05) is 0 Å². The van der Waals surface area contributed by atoms with Crippen molar-refractivity contribution < 1.29 is 0 Å². The first-order valence-electron chi connectivity index (χ1n) is 4.74. The maximum absolute atomic E-state index is 2.60. The van der Waals surface area contributed by atoms with E-state index in [-0.39, 0.29) is 0 Å². The fourth-order valence-electron chi connectivity index (χ4n) is 1.27. The van der Waals surface area contributed by atoms with Crippen LogP contribution in [-0.4, -0.2) is 36.3 Å². The molecule has 5 heteroatoms. The van der Waals surface area contributed by atoms with E-state index < -0.39 is 15.6 Å². The minimum absolute atomic E-state index is 0.989. The maximum atomic E-state index is 2.60. The topological polar surface area (TPSA) is 0 Å². The van der Waals surface area contributed by atoms with Gasteiger partial charge in [-0.3, -0.25) is 0 Å². The third-order valence-corrected chi connectivity index (χ3v) is 29.2. The predicted octanol–water partition coefficient (Wildman–Crippen LogP) is 4.08. The van der Waals surface area contributed by atoms with E-state index >= 15 is 0 Å². The Balaban J connectivity index is 1.72. The molecule has 2 aliphatic heterocycles. The molecule has 0 aromatic carbocycles. The molecule has 0 aliphatic carbocycles. The van der Waals surface area contributed by atoms with Crippen LogP contribution in [0.25, 0.3) is 0 Å². The molecule has 2 unspecified atom stereocenters. The van der Waals surface area contributed by atoms with Gasteiger partial charge < -0.3 is 0 Å². The molecule has 2 fully saturated rings. The van der Waals surface area contributed by atoms with E-state index in [1.54, 1.807) is 0 Å². The van der Waals surface area contributed by atoms with Gasteiger partial charge in [-0.05, 0) is 0 Å². The van der Waals surface area contributed by atoms with Gasteiger partial charge in [-0.1, -0.05) is 0 Å². The van der Waals surface area contributed by atoms with Crippen molar-refractivity contribution in [1.29, 1.82) is 0 Å². The summed E-state index contributed by atoms with van der Waals surface area (Å²) in [5.74, 6) is 2.84. The van der Waals surface area contributed by atoms with Crippen LogP contribution in [0.3, 0.4) is 0 Å². The molecule has 2 aliphatic rings. The van der Waals surface area contributed by atoms with Crippen molar-refractivity contribution in [3.63, 3.8) is 0 Å². The molecule has 13 heavy (non-hydrogen) atoms. The van der Waals surface area contributed by atoms with Crippen molar-refractivity contribution in [2.75, 3.05) is 11.5 Å². The van der Waals surface area contributed by atoms with Crippen LogP contribution in [-0.2, 0) is 0 Å². The van der Waals surface area contributed by atoms with Crippen molar-refractivity contribution in [2.45, 2.75) is 31.9 Å². The number of thioether (sulfide) groups is 2. The van der Waals surface area contributed by atoms with Crippen LogP contribution in [0.15, 0.2) is 0 Å². The second-order valence-electron chi connectivity index (χ2n) is 3.81. The summed E-state index contributed by atoms with van der Waals surface area (Å²) in [7, 11) is 4.78. The quantitative estimate of drug-likeness (QED) is 0.694. The molecule has 2 saturated heterocycles. The first-order chi connectivity index (χ1) is 6.16. The van der Waals surface area contributed by atoms with Crippen molar-refractivity contribution in [2.24, 2.45) is 0 Å². The summed E-state index contributed by atoms with van der Waals surface area (Å²) in [6, 6.07) is 0. The van der Waals surface area contributed by atoms with Crippen molar-refractivity contribution >= 4 is 57.0 Å². The zero-order chi connectivity index (χ0) is 9.31. The van der Waals surface area contributed by atoms with Crippen LogP contribution in [0.5, 0.6) is 0 Å². The summed E-state index contributed by atoms with van der Waals surface area (Å²) in [6.45, 7) is 0. The van der Waals surface area contributed by atoms with Gasteiger partial charge in [0.25, 0.3) is 0 Å². The summed E-state index contributed by atoms with van der Waals surface area (Å²) in [6.07, 6.45) is 2.96. The van der Waals surface area contributed by atoms with Gasteiger partial charge in [0.05, 0.1) is 0 Å². The van der Waals surface area contributed by atoms with Crippen molar-refractivity contribution in [3.8, 4) is 0 Å². The van der Waals surface area contributed by atoms with Gasteiger partial charge in [-0.25, -0.2) is 0 Å². The summed E-state index contributed by atoms with van der Waals surface area (Å²) < 4.78 is 1.98.